The van der Waals surface area contributed by atoms with Crippen molar-refractivity contribution in [3.63, 3.8) is 0 Å². The Morgan fingerprint density at radius 1 is 1.10 bits per heavy atom. The molecule has 0 unspecified atom stereocenters. The van der Waals surface area contributed by atoms with Crippen LogP contribution in [0.3, 0.4) is 0 Å². The summed E-state index contributed by atoms with van der Waals surface area (Å²) >= 11 is 1.16. The Hall–Kier alpha value is -2.47. The monoisotopic (exact) mass is 300 g/mol. The topological polar surface area (TPSA) is 63.1 Å². The average Bonchev–Trinajstić information content (AvgIpc) is 2.47. The number of benzene rings is 2. The summed E-state index contributed by atoms with van der Waals surface area (Å²) in [6.45, 7) is 0. The SMILES string of the molecule is O=C(O)c1nnc2ccccc2c1Sc1cccc(F)c1. The van der Waals surface area contributed by atoms with Crippen LogP contribution in [-0.4, -0.2) is 21.3 Å². The van der Waals surface area contributed by atoms with Gasteiger partial charge in [0.1, 0.15) is 5.82 Å². The molecule has 3 rings (SSSR count). The minimum absolute atomic E-state index is 0.136. The second kappa shape index (κ2) is 5.49. The van der Waals surface area contributed by atoms with Crippen molar-refractivity contribution < 1.29 is 14.3 Å². The summed E-state index contributed by atoms with van der Waals surface area (Å²) in [4.78, 5) is 12.4. The molecule has 0 saturated carbocycles. The Morgan fingerprint density at radius 3 is 2.67 bits per heavy atom. The average molecular weight is 300 g/mol. The van der Waals surface area contributed by atoms with Crippen molar-refractivity contribution in [2.45, 2.75) is 9.79 Å². The molecule has 1 heterocycles. The molecule has 0 saturated heterocycles. The van der Waals surface area contributed by atoms with E-state index >= 15 is 0 Å². The molecule has 1 aromatic heterocycles. The molecule has 6 heteroatoms. The van der Waals surface area contributed by atoms with Crippen molar-refractivity contribution in [3.05, 3.63) is 60.0 Å². The number of hydrogen-bond acceptors (Lipinski definition) is 4. The second-order valence-corrected chi connectivity index (χ2v) is 5.34. The largest absolute Gasteiger partial charge is 0.476 e. The number of rotatable bonds is 3. The Bertz CT molecular complexity index is 839. The van der Waals surface area contributed by atoms with Gasteiger partial charge in [-0.2, -0.15) is 0 Å². The molecule has 4 nitrogen and oxygen atoms in total. The summed E-state index contributed by atoms with van der Waals surface area (Å²) in [5.74, 6) is -1.53. The molecule has 0 atom stereocenters. The molecule has 104 valence electrons. The Kier molecular flexibility index (Phi) is 3.53. The molecule has 3 aromatic rings. The van der Waals surface area contributed by atoms with Gasteiger partial charge in [0.25, 0.3) is 0 Å². The maximum Gasteiger partial charge on any atom is 0.357 e. The van der Waals surface area contributed by atoms with Gasteiger partial charge in [-0.1, -0.05) is 36.0 Å². The lowest BCUT2D eigenvalue weighted by Gasteiger charge is -2.08. The van der Waals surface area contributed by atoms with Gasteiger partial charge in [-0.3, -0.25) is 0 Å². The van der Waals surface area contributed by atoms with Gasteiger partial charge in [-0.25, -0.2) is 9.18 Å². The van der Waals surface area contributed by atoms with Crippen LogP contribution >= 0.6 is 11.8 Å². The number of carboxylic acids is 1. The van der Waals surface area contributed by atoms with Crippen molar-refractivity contribution in [1.82, 2.24) is 10.2 Å². The Morgan fingerprint density at radius 2 is 1.90 bits per heavy atom. The van der Waals surface area contributed by atoms with E-state index in [2.05, 4.69) is 10.2 Å². The maximum absolute atomic E-state index is 13.3. The minimum Gasteiger partial charge on any atom is -0.476 e. The summed E-state index contributed by atoms with van der Waals surface area (Å²) in [5, 5.41) is 17.6. The standard InChI is InChI=1S/C15H9FN2O2S/c16-9-4-3-5-10(8-9)21-14-11-6-1-2-7-12(11)17-18-13(14)15(19)20/h1-8H,(H,19,20). The molecule has 0 aliphatic carbocycles. The number of carboxylic acid groups (broad SMARTS) is 1. The molecular weight excluding hydrogens is 291 g/mol. The highest BCUT2D eigenvalue weighted by Gasteiger charge is 2.17. The molecular formula is C15H9FN2O2S. The first-order chi connectivity index (χ1) is 10.1. The molecule has 0 bridgehead atoms. The molecule has 0 amide bonds. The molecule has 1 N–H and O–H groups in total. The fraction of sp³-hybridized carbons (Fsp3) is 0. The third-order valence-corrected chi connectivity index (χ3v) is 3.95. The molecule has 0 spiro atoms. The Labute approximate surface area is 123 Å². The number of fused-ring (bicyclic) bond motifs is 1. The van der Waals surface area contributed by atoms with Crippen LogP contribution in [0, 0.1) is 5.82 Å². The summed E-state index contributed by atoms with van der Waals surface area (Å²) in [6.07, 6.45) is 0. The van der Waals surface area contributed by atoms with Crippen LogP contribution < -0.4 is 0 Å². The minimum atomic E-state index is -1.16. The summed E-state index contributed by atoms with van der Waals surface area (Å²) < 4.78 is 13.3. The van der Waals surface area contributed by atoms with Crippen LogP contribution in [0.1, 0.15) is 10.5 Å². The smallest absolute Gasteiger partial charge is 0.357 e. The van der Waals surface area contributed by atoms with Crippen molar-refractivity contribution in [3.8, 4) is 0 Å². The van der Waals surface area contributed by atoms with Gasteiger partial charge in [0.15, 0.2) is 5.69 Å². The van der Waals surface area contributed by atoms with E-state index in [1.807, 2.05) is 0 Å². The van der Waals surface area contributed by atoms with E-state index in [0.29, 0.717) is 20.7 Å². The maximum atomic E-state index is 13.3. The fourth-order valence-electron chi connectivity index (χ4n) is 1.92. The number of nitrogens with zero attached hydrogens (tertiary/aromatic N) is 2. The van der Waals surface area contributed by atoms with Crippen molar-refractivity contribution in [2.75, 3.05) is 0 Å². The Balaban J connectivity index is 2.18. The van der Waals surface area contributed by atoms with Crippen molar-refractivity contribution in [1.29, 1.82) is 0 Å². The molecule has 0 aliphatic heterocycles. The molecule has 21 heavy (non-hydrogen) atoms. The number of aromatic carboxylic acids is 1. The van der Waals surface area contributed by atoms with Crippen LogP contribution in [0.25, 0.3) is 10.9 Å². The summed E-state index contributed by atoms with van der Waals surface area (Å²) in [7, 11) is 0. The zero-order chi connectivity index (χ0) is 14.8. The van der Waals surface area contributed by atoms with Gasteiger partial charge in [-0.05, 0) is 24.3 Å². The van der Waals surface area contributed by atoms with Gasteiger partial charge in [0, 0.05) is 10.3 Å². The number of halogens is 1. The fourth-order valence-corrected chi connectivity index (χ4v) is 2.98. The van der Waals surface area contributed by atoms with Crippen LogP contribution in [0.2, 0.25) is 0 Å². The van der Waals surface area contributed by atoms with Gasteiger partial charge in [0.2, 0.25) is 0 Å². The lowest BCUT2D eigenvalue weighted by molar-refractivity contribution is 0.0685. The third-order valence-electron chi connectivity index (χ3n) is 2.84. The third kappa shape index (κ3) is 2.71. The molecule has 0 radical (unpaired) electrons. The quantitative estimate of drug-likeness (QED) is 0.800. The number of aromatic nitrogens is 2. The van der Waals surface area contributed by atoms with Crippen LogP contribution in [0.5, 0.6) is 0 Å². The first-order valence-corrected chi connectivity index (χ1v) is 6.89. The lowest BCUT2D eigenvalue weighted by Crippen LogP contribution is -2.05. The van der Waals surface area contributed by atoms with Crippen LogP contribution in [-0.2, 0) is 0 Å². The van der Waals surface area contributed by atoms with Gasteiger partial charge in [-0.15, -0.1) is 10.2 Å². The van der Waals surface area contributed by atoms with Crippen LogP contribution in [0.4, 0.5) is 4.39 Å². The van der Waals surface area contributed by atoms with E-state index in [1.165, 1.54) is 12.1 Å². The zero-order valence-electron chi connectivity index (χ0n) is 10.7. The van der Waals surface area contributed by atoms with E-state index in [9.17, 15) is 14.3 Å². The first-order valence-electron chi connectivity index (χ1n) is 6.07. The molecule has 2 aromatic carbocycles. The predicted octanol–water partition coefficient (Wildman–Crippen LogP) is 3.62. The molecule has 0 aliphatic rings. The number of carbonyl (C=O) groups is 1. The van der Waals surface area contributed by atoms with E-state index in [0.717, 1.165) is 11.8 Å². The lowest BCUT2D eigenvalue weighted by atomic mass is 10.2. The summed E-state index contributed by atoms with van der Waals surface area (Å²) in [5.41, 5.74) is 0.462. The van der Waals surface area contributed by atoms with Gasteiger partial charge >= 0.3 is 5.97 Å². The number of hydrogen-bond donors (Lipinski definition) is 1. The van der Waals surface area contributed by atoms with Crippen LogP contribution in [0.15, 0.2) is 58.3 Å². The van der Waals surface area contributed by atoms with E-state index < -0.39 is 5.97 Å². The van der Waals surface area contributed by atoms with Crippen molar-refractivity contribution >= 4 is 28.6 Å². The second-order valence-electron chi connectivity index (χ2n) is 4.26. The van der Waals surface area contributed by atoms with Gasteiger partial charge in [0.05, 0.1) is 10.4 Å². The highest BCUT2D eigenvalue weighted by atomic mass is 32.2. The zero-order valence-corrected chi connectivity index (χ0v) is 11.5. The first kappa shape index (κ1) is 13.5. The predicted molar refractivity (Wildman–Crippen MR) is 77.0 cm³/mol. The summed E-state index contributed by atoms with van der Waals surface area (Å²) in [6, 6.07) is 13.1. The molecule has 0 fully saturated rings. The van der Waals surface area contributed by atoms with E-state index in [1.54, 1.807) is 36.4 Å². The van der Waals surface area contributed by atoms with Gasteiger partial charge < -0.3 is 5.11 Å². The normalized spacial score (nSPS) is 10.7. The highest BCUT2D eigenvalue weighted by Crippen LogP contribution is 2.34. The highest BCUT2D eigenvalue weighted by molar-refractivity contribution is 7.99. The van der Waals surface area contributed by atoms with Crippen molar-refractivity contribution in [2.24, 2.45) is 0 Å². The van der Waals surface area contributed by atoms with E-state index in [4.69, 9.17) is 0 Å². The van der Waals surface area contributed by atoms with E-state index in [-0.39, 0.29) is 11.5 Å².